The average Bonchev–Trinajstić information content (AvgIpc) is 3.12. The SMILES string of the molecule is N#Cc1ccc(-c2ccc(CNC3CC3)c(Cl)c2)s1. The van der Waals surface area contributed by atoms with E-state index in [1.807, 2.05) is 18.2 Å². The maximum atomic E-state index is 8.85. The number of benzene rings is 1. The lowest BCUT2D eigenvalue weighted by molar-refractivity contribution is 0.688. The number of halogens is 1. The van der Waals surface area contributed by atoms with Gasteiger partial charge in [-0.1, -0.05) is 23.7 Å². The van der Waals surface area contributed by atoms with Gasteiger partial charge < -0.3 is 5.32 Å². The summed E-state index contributed by atoms with van der Waals surface area (Å²) in [4.78, 5) is 1.81. The van der Waals surface area contributed by atoms with Gasteiger partial charge in [-0.05, 0) is 42.2 Å². The average molecular weight is 289 g/mol. The number of hydrogen-bond donors (Lipinski definition) is 1. The molecule has 0 spiro atoms. The fraction of sp³-hybridized carbons (Fsp3) is 0.267. The Morgan fingerprint density at radius 3 is 2.79 bits per heavy atom. The first kappa shape index (κ1) is 12.7. The fourth-order valence-corrected chi connectivity index (χ4v) is 2.99. The lowest BCUT2D eigenvalue weighted by Gasteiger charge is -2.07. The first-order chi connectivity index (χ1) is 9.26. The Hall–Kier alpha value is -1.34. The van der Waals surface area contributed by atoms with Gasteiger partial charge in [0.2, 0.25) is 0 Å². The number of rotatable bonds is 4. The molecule has 4 heteroatoms. The van der Waals surface area contributed by atoms with E-state index in [0.717, 1.165) is 32.4 Å². The molecule has 1 aliphatic carbocycles. The molecule has 0 aliphatic heterocycles. The number of thiophene rings is 1. The summed E-state index contributed by atoms with van der Waals surface area (Å²) in [6, 6.07) is 12.8. The monoisotopic (exact) mass is 288 g/mol. The molecule has 19 heavy (non-hydrogen) atoms. The predicted molar refractivity (Wildman–Crippen MR) is 79.3 cm³/mol. The van der Waals surface area contributed by atoms with E-state index in [9.17, 15) is 0 Å². The Morgan fingerprint density at radius 2 is 2.16 bits per heavy atom. The molecule has 0 saturated heterocycles. The molecule has 1 aromatic heterocycles. The second kappa shape index (κ2) is 5.34. The number of hydrogen-bond acceptors (Lipinski definition) is 3. The standard InChI is InChI=1S/C15H13ClN2S/c16-14-7-10(15-6-5-13(8-17)19-15)1-2-11(14)9-18-12-3-4-12/h1-2,5-7,12,18H,3-4,9H2. The highest BCUT2D eigenvalue weighted by Crippen LogP contribution is 2.31. The second-order valence-corrected chi connectivity index (χ2v) is 6.23. The number of nitrogens with zero attached hydrogens (tertiary/aromatic N) is 1. The van der Waals surface area contributed by atoms with Crippen LogP contribution in [-0.2, 0) is 6.54 Å². The third kappa shape index (κ3) is 2.98. The minimum Gasteiger partial charge on any atom is -0.310 e. The van der Waals surface area contributed by atoms with Crippen molar-refractivity contribution in [2.24, 2.45) is 0 Å². The van der Waals surface area contributed by atoms with Crippen molar-refractivity contribution in [3.05, 3.63) is 45.8 Å². The van der Waals surface area contributed by atoms with Gasteiger partial charge in [-0.2, -0.15) is 5.26 Å². The lowest BCUT2D eigenvalue weighted by atomic mass is 10.1. The van der Waals surface area contributed by atoms with E-state index in [4.69, 9.17) is 16.9 Å². The van der Waals surface area contributed by atoms with Crippen LogP contribution in [0.15, 0.2) is 30.3 Å². The van der Waals surface area contributed by atoms with Gasteiger partial charge >= 0.3 is 0 Å². The summed E-state index contributed by atoms with van der Waals surface area (Å²) in [6.07, 6.45) is 2.56. The van der Waals surface area contributed by atoms with Crippen molar-refractivity contribution in [2.45, 2.75) is 25.4 Å². The van der Waals surface area contributed by atoms with E-state index < -0.39 is 0 Å². The van der Waals surface area contributed by atoms with E-state index in [1.165, 1.54) is 24.2 Å². The normalized spacial score (nSPS) is 14.3. The zero-order valence-electron chi connectivity index (χ0n) is 10.3. The minimum atomic E-state index is 0.686. The van der Waals surface area contributed by atoms with Crippen molar-refractivity contribution in [3.8, 4) is 16.5 Å². The Morgan fingerprint density at radius 1 is 1.32 bits per heavy atom. The van der Waals surface area contributed by atoms with Crippen molar-refractivity contribution >= 4 is 22.9 Å². The largest absolute Gasteiger partial charge is 0.310 e. The smallest absolute Gasteiger partial charge is 0.110 e. The van der Waals surface area contributed by atoms with Gasteiger partial charge in [-0.25, -0.2) is 0 Å². The van der Waals surface area contributed by atoms with Crippen LogP contribution in [0.1, 0.15) is 23.3 Å². The second-order valence-electron chi connectivity index (χ2n) is 4.74. The van der Waals surface area contributed by atoms with Gasteiger partial charge in [-0.15, -0.1) is 11.3 Å². The zero-order chi connectivity index (χ0) is 13.2. The van der Waals surface area contributed by atoms with Crippen LogP contribution in [0.25, 0.3) is 10.4 Å². The molecule has 1 aromatic carbocycles. The Labute approximate surface area is 121 Å². The van der Waals surface area contributed by atoms with Crippen LogP contribution in [0.2, 0.25) is 5.02 Å². The van der Waals surface area contributed by atoms with E-state index in [1.54, 1.807) is 0 Å². The van der Waals surface area contributed by atoms with Crippen LogP contribution >= 0.6 is 22.9 Å². The third-order valence-corrected chi connectivity index (χ3v) is 4.60. The van der Waals surface area contributed by atoms with Crippen molar-refractivity contribution in [1.29, 1.82) is 5.26 Å². The minimum absolute atomic E-state index is 0.686. The molecular weight excluding hydrogens is 276 g/mol. The summed E-state index contributed by atoms with van der Waals surface area (Å²) < 4.78 is 0. The Bertz CT molecular complexity index is 638. The predicted octanol–water partition coefficient (Wildman–Crippen LogP) is 4.19. The van der Waals surface area contributed by atoms with Crippen LogP contribution in [0, 0.1) is 11.3 Å². The van der Waals surface area contributed by atoms with Gasteiger partial charge in [0.15, 0.2) is 0 Å². The molecule has 1 fully saturated rings. The van der Waals surface area contributed by atoms with E-state index in [2.05, 4.69) is 23.5 Å². The van der Waals surface area contributed by atoms with E-state index in [0.29, 0.717) is 6.04 Å². The fourth-order valence-electron chi connectivity index (χ4n) is 1.94. The molecule has 1 saturated carbocycles. The maximum Gasteiger partial charge on any atom is 0.110 e. The molecule has 0 radical (unpaired) electrons. The van der Waals surface area contributed by atoms with Crippen molar-refractivity contribution in [2.75, 3.05) is 0 Å². The van der Waals surface area contributed by atoms with Crippen molar-refractivity contribution in [3.63, 3.8) is 0 Å². The molecule has 0 atom stereocenters. The molecule has 0 amide bonds. The van der Waals surface area contributed by atoms with Crippen molar-refractivity contribution < 1.29 is 0 Å². The first-order valence-corrected chi connectivity index (χ1v) is 7.48. The lowest BCUT2D eigenvalue weighted by Crippen LogP contribution is -2.15. The van der Waals surface area contributed by atoms with Crippen LogP contribution < -0.4 is 5.32 Å². The third-order valence-electron chi connectivity index (χ3n) is 3.21. The molecule has 1 aliphatic rings. The van der Waals surface area contributed by atoms with Gasteiger partial charge in [0.1, 0.15) is 10.9 Å². The Kier molecular flexibility index (Phi) is 3.56. The summed E-state index contributed by atoms with van der Waals surface area (Å²) in [5, 5.41) is 13.1. The Balaban J connectivity index is 1.79. The van der Waals surface area contributed by atoms with Crippen LogP contribution in [0.5, 0.6) is 0 Å². The molecule has 1 N–H and O–H groups in total. The highest BCUT2D eigenvalue weighted by atomic mass is 35.5. The molecule has 2 aromatic rings. The molecule has 0 unspecified atom stereocenters. The quantitative estimate of drug-likeness (QED) is 0.915. The van der Waals surface area contributed by atoms with Gasteiger partial charge in [-0.3, -0.25) is 0 Å². The molecule has 96 valence electrons. The van der Waals surface area contributed by atoms with E-state index >= 15 is 0 Å². The van der Waals surface area contributed by atoms with Gasteiger partial charge in [0.05, 0.1) is 0 Å². The summed E-state index contributed by atoms with van der Waals surface area (Å²) in [6.45, 7) is 0.831. The highest BCUT2D eigenvalue weighted by Gasteiger charge is 2.20. The molecule has 3 rings (SSSR count). The first-order valence-electron chi connectivity index (χ1n) is 6.28. The highest BCUT2D eigenvalue weighted by molar-refractivity contribution is 7.16. The summed E-state index contributed by atoms with van der Waals surface area (Å²) >= 11 is 7.82. The van der Waals surface area contributed by atoms with Crippen LogP contribution in [-0.4, -0.2) is 6.04 Å². The number of nitriles is 1. The zero-order valence-corrected chi connectivity index (χ0v) is 11.9. The molecule has 1 heterocycles. The number of nitrogens with one attached hydrogen (secondary N) is 1. The summed E-state index contributed by atoms with van der Waals surface area (Å²) in [7, 11) is 0. The van der Waals surface area contributed by atoms with Gasteiger partial charge in [0.25, 0.3) is 0 Å². The molecule has 0 bridgehead atoms. The van der Waals surface area contributed by atoms with Crippen LogP contribution in [0.3, 0.4) is 0 Å². The summed E-state index contributed by atoms with van der Waals surface area (Å²) in [5.41, 5.74) is 2.21. The van der Waals surface area contributed by atoms with E-state index in [-0.39, 0.29) is 0 Å². The van der Waals surface area contributed by atoms with Gasteiger partial charge in [0, 0.05) is 22.5 Å². The van der Waals surface area contributed by atoms with Crippen molar-refractivity contribution in [1.82, 2.24) is 5.32 Å². The topological polar surface area (TPSA) is 35.8 Å². The molecular formula is C15H13ClN2S. The van der Waals surface area contributed by atoms with Crippen LogP contribution in [0.4, 0.5) is 0 Å². The maximum absolute atomic E-state index is 8.85. The molecule has 2 nitrogen and oxygen atoms in total. The summed E-state index contributed by atoms with van der Waals surface area (Å²) in [5.74, 6) is 0.